The molecule has 1 amide bonds. The third-order valence-electron chi connectivity index (χ3n) is 7.42. The Kier molecular flexibility index (Phi) is 9.49. The van der Waals surface area contributed by atoms with Crippen molar-refractivity contribution in [3.05, 3.63) is 11.5 Å². The zero-order valence-corrected chi connectivity index (χ0v) is 25.7. The molecule has 3 atom stereocenters. The van der Waals surface area contributed by atoms with E-state index in [1.807, 2.05) is 0 Å². The normalized spacial score (nSPS) is 21.5. The number of rotatable bonds is 7. The Bertz CT molecular complexity index is 1010. The number of nitrogens with zero attached hydrogens (tertiary/aromatic N) is 3. The van der Waals surface area contributed by atoms with Gasteiger partial charge in [-0.1, -0.05) is 27.7 Å². The van der Waals surface area contributed by atoms with E-state index in [0.717, 1.165) is 13.5 Å². The van der Waals surface area contributed by atoms with E-state index in [0.29, 0.717) is 12.8 Å². The van der Waals surface area contributed by atoms with E-state index >= 15 is 0 Å². The number of carbonyl (C=O) groups is 2. The van der Waals surface area contributed by atoms with Crippen molar-refractivity contribution in [2.24, 2.45) is 0 Å². The van der Waals surface area contributed by atoms with E-state index in [2.05, 4.69) is 50.8 Å². The van der Waals surface area contributed by atoms with Gasteiger partial charge in [-0.15, -0.1) is 0 Å². The highest BCUT2D eigenvalue weighted by Crippen LogP contribution is 2.42. The van der Waals surface area contributed by atoms with E-state index in [1.54, 1.807) is 20.8 Å². The predicted molar refractivity (Wildman–Crippen MR) is 144 cm³/mol. The van der Waals surface area contributed by atoms with Crippen molar-refractivity contribution in [3.8, 4) is 11.6 Å². The lowest BCUT2D eigenvalue weighted by Gasteiger charge is -2.47. The lowest BCUT2D eigenvalue weighted by molar-refractivity contribution is -0.123. The SMILES string of the molecule is CCC(O[Si](C)(C)C(C)(C)C)C1CCC(c2nc(O)c(O)c(C(=O)OC)n2)(N(C)C(=O)OC(C)(C)C)CO1. The average molecular weight is 556 g/mol. The molecule has 1 aromatic rings. The molecule has 0 saturated carbocycles. The molecular formula is C26H45N3O8Si. The number of likely N-dealkylation sites (N-methyl/N-ethyl adjacent to an activating group) is 1. The molecule has 1 aromatic heterocycles. The number of carbonyl (C=O) groups excluding carboxylic acids is 2. The van der Waals surface area contributed by atoms with Crippen LogP contribution >= 0.6 is 0 Å². The van der Waals surface area contributed by atoms with Crippen LogP contribution in [0, 0.1) is 0 Å². The lowest BCUT2D eigenvalue weighted by atomic mass is 9.86. The minimum atomic E-state index is -2.08. The van der Waals surface area contributed by atoms with Gasteiger partial charge < -0.3 is 28.8 Å². The van der Waals surface area contributed by atoms with Crippen LogP contribution in [-0.2, 0) is 24.2 Å². The number of esters is 1. The first-order valence-corrected chi connectivity index (χ1v) is 15.9. The van der Waals surface area contributed by atoms with Crippen LogP contribution in [0.2, 0.25) is 18.1 Å². The second kappa shape index (κ2) is 11.3. The molecule has 0 spiro atoms. The molecule has 2 rings (SSSR count). The Balaban J connectivity index is 2.51. The largest absolute Gasteiger partial charge is 0.501 e. The zero-order valence-electron chi connectivity index (χ0n) is 24.7. The van der Waals surface area contributed by atoms with Gasteiger partial charge >= 0.3 is 12.1 Å². The van der Waals surface area contributed by atoms with Gasteiger partial charge in [0.05, 0.1) is 25.9 Å². The molecule has 0 radical (unpaired) electrons. The number of aromatic nitrogens is 2. The smallest absolute Gasteiger partial charge is 0.410 e. The van der Waals surface area contributed by atoms with Crippen molar-refractivity contribution in [1.82, 2.24) is 14.9 Å². The maximum absolute atomic E-state index is 13.2. The molecule has 2 heterocycles. The van der Waals surface area contributed by atoms with Crippen molar-refractivity contribution >= 4 is 20.4 Å². The number of hydrogen-bond acceptors (Lipinski definition) is 10. The van der Waals surface area contributed by atoms with Gasteiger partial charge in [-0.25, -0.2) is 14.6 Å². The van der Waals surface area contributed by atoms with Gasteiger partial charge in [0.2, 0.25) is 5.75 Å². The first kappa shape index (κ1) is 31.8. The lowest BCUT2D eigenvalue weighted by Crippen LogP contribution is -2.57. The number of ether oxygens (including phenoxy) is 3. The van der Waals surface area contributed by atoms with Gasteiger partial charge in [-0.05, 0) is 58.2 Å². The van der Waals surface area contributed by atoms with Crippen LogP contribution in [0.3, 0.4) is 0 Å². The molecular weight excluding hydrogens is 510 g/mol. The fourth-order valence-corrected chi connectivity index (χ4v) is 5.47. The summed E-state index contributed by atoms with van der Waals surface area (Å²) in [6, 6.07) is 0. The molecule has 216 valence electrons. The molecule has 12 heteroatoms. The number of methoxy groups -OCH3 is 1. The fraction of sp³-hybridized carbons (Fsp3) is 0.769. The molecule has 38 heavy (non-hydrogen) atoms. The first-order valence-electron chi connectivity index (χ1n) is 12.9. The predicted octanol–water partition coefficient (Wildman–Crippen LogP) is 4.72. The quantitative estimate of drug-likeness (QED) is 0.359. The molecule has 1 saturated heterocycles. The topological polar surface area (TPSA) is 141 Å². The summed E-state index contributed by atoms with van der Waals surface area (Å²) in [6.07, 6.45) is 0.504. The van der Waals surface area contributed by atoms with Crippen LogP contribution in [-0.4, -0.2) is 84.0 Å². The van der Waals surface area contributed by atoms with Crippen LogP contribution in [0.4, 0.5) is 4.79 Å². The molecule has 11 nitrogen and oxygen atoms in total. The Morgan fingerprint density at radius 2 is 1.79 bits per heavy atom. The Morgan fingerprint density at radius 1 is 1.18 bits per heavy atom. The summed E-state index contributed by atoms with van der Waals surface area (Å²) in [5.41, 5.74) is -2.59. The van der Waals surface area contributed by atoms with Gasteiger partial charge in [-0.2, -0.15) is 4.98 Å². The van der Waals surface area contributed by atoms with Crippen LogP contribution in [0.1, 0.15) is 84.0 Å². The Morgan fingerprint density at radius 3 is 2.24 bits per heavy atom. The summed E-state index contributed by atoms with van der Waals surface area (Å²) in [4.78, 5) is 35.1. The van der Waals surface area contributed by atoms with Gasteiger partial charge in [-0.3, -0.25) is 4.90 Å². The molecule has 0 aromatic carbocycles. The summed E-state index contributed by atoms with van der Waals surface area (Å²) in [5.74, 6) is -2.64. The third kappa shape index (κ3) is 6.76. The van der Waals surface area contributed by atoms with Crippen LogP contribution in [0.25, 0.3) is 0 Å². The summed E-state index contributed by atoms with van der Waals surface area (Å²) < 4.78 is 23.4. The summed E-state index contributed by atoms with van der Waals surface area (Å²) in [7, 11) is 0.585. The average Bonchev–Trinajstić information content (AvgIpc) is 2.81. The summed E-state index contributed by atoms with van der Waals surface area (Å²) in [6.45, 7) is 18.2. The van der Waals surface area contributed by atoms with Gasteiger partial charge in [0, 0.05) is 7.05 Å². The van der Waals surface area contributed by atoms with Gasteiger partial charge in [0.1, 0.15) is 11.1 Å². The van der Waals surface area contributed by atoms with E-state index in [1.165, 1.54) is 11.9 Å². The highest BCUT2D eigenvalue weighted by atomic mass is 28.4. The summed E-state index contributed by atoms with van der Waals surface area (Å²) in [5, 5.41) is 20.6. The molecule has 1 fully saturated rings. The molecule has 1 aliphatic rings. The van der Waals surface area contributed by atoms with Crippen LogP contribution in [0.15, 0.2) is 0 Å². The molecule has 1 aliphatic heterocycles. The molecule has 3 unspecified atom stereocenters. The first-order chi connectivity index (χ1) is 17.3. The van der Waals surface area contributed by atoms with Crippen molar-refractivity contribution < 1.29 is 38.4 Å². The van der Waals surface area contributed by atoms with E-state index in [9.17, 15) is 19.8 Å². The second-order valence-electron chi connectivity index (χ2n) is 12.3. The Labute approximate surface area is 227 Å². The molecule has 2 N–H and O–H groups in total. The van der Waals surface area contributed by atoms with E-state index in [-0.39, 0.29) is 29.7 Å². The second-order valence-corrected chi connectivity index (χ2v) is 17.1. The van der Waals surface area contributed by atoms with Crippen molar-refractivity contribution in [1.29, 1.82) is 0 Å². The number of amides is 1. The molecule has 0 bridgehead atoms. The summed E-state index contributed by atoms with van der Waals surface area (Å²) >= 11 is 0. The van der Waals surface area contributed by atoms with E-state index in [4.69, 9.17) is 18.6 Å². The minimum absolute atomic E-state index is 0.0253. The fourth-order valence-electron chi connectivity index (χ4n) is 4.04. The van der Waals surface area contributed by atoms with Crippen LogP contribution < -0.4 is 0 Å². The third-order valence-corrected chi connectivity index (χ3v) is 11.9. The minimum Gasteiger partial charge on any atom is -0.501 e. The maximum atomic E-state index is 13.2. The van der Waals surface area contributed by atoms with Crippen LogP contribution in [0.5, 0.6) is 11.6 Å². The monoisotopic (exact) mass is 555 g/mol. The zero-order chi connectivity index (χ0) is 29.3. The van der Waals surface area contributed by atoms with Crippen molar-refractivity contribution in [3.63, 3.8) is 0 Å². The standard InChI is InChI=1S/C26H45N3O8Si/c1-12-16(37-38(10,11)25(5,6)7)17-13-14-26(15-35-17,29(8)23(33)36-24(2,3)4)22-27-18(21(32)34-9)19(30)20(31)28-22/h16-17,30H,12-15H2,1-11H3,(H,27,28,31). The van der Waals surface area contributed by atoms with Crippen molar-refractivity contribution in [2.45, 2.75) is 109 Å². The highest BCUT2D eigenvalue weighted by Gasteiger charge is 2.50. The number of aromatic hydroxyl groups is 2. The van der Waals surface area contributed by atoms with E-state index < -0.39 is 48.8 Å². The maximum Gasteiger partial charge on any atom is 0.410 e. The van der Waals surface area contributed by atoms with Gasteiger partial charge in [0.25, 0.3) is 5.88 Å². The number of hydrogen-bond donors (Lipinski definition) is 2. The molecule has 0 aliphatic carbocycles. The highest BCUT2D eigenvalue weighted by molar-refractivity contribution is 6.74. The van der Waals surface area contributed by atoms with Gasteiger partial charge in [0.15, 0.2) is 19.8 Å². The van der Waals surface area contributed by atoms with Crippen molar-refractivity contribution in [2.75, 3.05) is 20.8 Å². The Hall–Kier alpha value is -2.44.